The van der Waals surface area contributed by atoms with Crippen LogP contribution in [0.4, 0.5) is 0 Å². The molecule has 0 spiro atoms. The lowest BCUT2D eigenvalue weighted by Crippen LogP contribution is -2.51. The van der Waals surface area contributed by atoms with Crippen molar-refractivity contribution in [3.8, 4) is 0 Å². The molecular formula is C29H50O2. The largest absolute Gasteiger partial charge is 0.378 e. The standard InChI is InChI=1S/C15H26O.C14H24O/c1-9(2)10(3)16-15-13-5-11-4-12(7-13)8-14(15)6-11;1-3-15-10(2)14-7-11-4-12(8-14)6-13(5-11)9-14/h9-15H,4-8H2,1-3H3;10-13H,3-9H2,1-2H3/t10-,11?,12?,13?,14?,15?;/m1./s1. The molecule has 0 radical (unpaired) electrons. The summed E-state index contributed by atoms with van der Waals surface area (Å²) >= 11 is 0. The third kappa shape index (κ3) is 4.51. The van der Waals surface area contributed by atoms with Crippen molar-refractivity contribution in [1.29, 1.82) is 0 Å². The number of hydrogen-bond donors (Lipinski definition) is 0. The molecule has 0 amide bonds. The first-order valence-electron chi connectivity index (χ1n) is 14.1. The highest BCUT2D eigenvalue weighted by Crippen LogP contribution is 2.61. The van der Waals surface area contributed by atoms with E-state index in [2.05, 4.69) is 34.6 Å². The molecule has 2 nitrogen and oxygen atoms in total. The summed E-state index contributed by atoms with van der Waals surface area (Å²) in [6, 6.07) is 0. The lowest BCUT2D eigenvalue weighted by atomic mass is 9.48. The van der Waals surface area contributed by atoms with Crippen molar-refractivity contribution in [2.24, 2.45) is 52.8 Å². The van der Waals surface area contributed by atoms with Gasteiger partial charge < -0.3 is 9.47 Å². The molecule has 8 aliphatic rings. The molecule has 178 valence electrons. The second-order valence-electron chi connectivity index (χ2n) is 13.4. The molecule has 8 saturated carbocycles. The van der Waals surface area contributed by atoms with E-state index in [1.165, 1.54) is 64.2 Å². The molecule has 31 heavy (non-hydrogen) atoms. The molecule has 0 heterocycles. The van der Waals surface area contributed by atoms with Gasteiger partial charge in [0.2, 0.25) is 0 Å². The third-order valence-corrected chi connectivity index (χ3v) is 10.8. The molecule has 2 heteroatoms. The van der Waals surface area contributed by atoms with Gasteiger partial charge in [0.15, 0.2) is 0 Å². The molecule has 0 aromatic heterocycles. The summed E-state index contributed by atoms with van der Waals surface area (Å²) in [6.45, 7) is 12.2. The maximum atomic E-state index is 6.39. The van der Waals surface area contributed by atoms with E-state index in [4.69, 9.17) is 9.47 Å². The fraction of sp³-hybridized carbons (Fsp3) is 1.00. The maximum absolute atomic E-state index is 6.39. The van der Waals surface area contributed by atoms with Crippen LogP contribution in [0.5, 0.6) is 0 Å². The van der Waals surface area contributed by atoms with Gasteiger partial charge >= 0.3 is 0 Å². The number of hydrogen-bond acceptors (Lipinski definition) is 2. The highest BCUT2D eigenvalue weighted by atomic mass is 16.5. The van der Waals surface area contributed by atoms with Gasteiger partial charge in [0.1, 0.15) is 0 Å². The highest BCUT2D eigenvalue weighted by molar-refractivity contribution is 5.04. The fourth-order valence-corrected chi connectivity index (χ4v) is 9.60. The summed E-state index contributed by atoms with van der Waals surface area (Å²) < 4.78 is 12.3. The average molecular weight is 431 g/mol. The van der Waals surface area contributed by atoms with Crippen molar-refractivity contribution < 1.29 is 9.47 Å². The monoisotopic (exact) mass is 430 g/mol. The van der Waals surface area contributed by atoms with E-state index in [0.29, 0.717) is 29.6 Å². The number of ether oxygens (including phenoxy) is 2. The van der Waals surface area contributed by atoms with Gasteiger partial charge in [0, 0.05) is 6.61 Å². The van der Waals surface area contributed by atoms with Crippen LogP contribution in [0.1, 0.15) is 105 Å². The molecule has 0 saturated heterocycles. The van der Waals surface area contributed by atoms with Crippen molar-refractivity contribution in [2.75, 3.05) is 6.61 Å². The van der Waals surface area contributed by atoms with Gasteiger partial charge in [0.05, 0.1) is 18.3 Å². The molecule has 0 aliphatic heterocycles. The molecule has 0 aromatic rings. The Morgan fingerprint density at radius 3 is 1.55 bits per heavy atom. The van der Waals surface area contributed by atoms with Crippen molar-refractivity contribution >= 4 is 0 Å². The summed E-state index contributed by atoms with van der Waals surface area (Å²) in [6.07, 6.45) is 18.0. The maximum Gasteiger partial charge on any atom is 0.0635 e. The average Bonchev–Trinajstić information content (AvgIpc) is 2.69. The molecule has 0 aromatic carbocycles. The molecule has 2 atom stereocenters. The van der Waals surface area contributed by atoms with Gasteiger partial charge in [-0.1, -0.05) is 13.8 Å². The van der Waals surface area contributed by atoms with Crippen molar-refractivity contribution in [3.05, 3.63) is 0 Å². The second kappa shape index (κ2) is 8.94. The predicted octanol–water partition coefficient (Wildman–Crippen LogP) is 7.50. The fourth-order valence-electron chi connectivity index (χ4n) is 9.60. The van der Waals surface area contributed by atoms with Crippen LogP contribution in [0.2, 0.25) is 0 Å². The van der Waals surface area contributed by atoms with Gasteiger partial charge in [-0.15, -0.1) is 0 Å². The van der Waals surface area contributed by atoms with Crippen LogP contribution in [0.3, 0.4) is 0 Å². The topological polar surface area (TPSA) is 18.5 Å². The molecule has 8 aliphatic carbocycles. The Kier molecular flexibility index (Phi) is 6.54. The second-order valence-corrected chi connectivity index (χ2v) is 13.4. The molecule has 8 fully saturated rings. The summed E-state index contributed by atoms with van der Waals surface area (Å²) in [7, 11) is 0. The Labute approximate surface area is 192 Å². The van der Waals surface area contributed by atoms with Crippen molar-refractivity contribution in [2.45, 2.75) is 124 Å². The normalized spacial score (nSPS) is 48.6. The van der Waals surface area contributed by atoms with E-state index in [0.717, 1.165) is 48.0 Å². The van der Waals surface area contributed by atoms with Gasteiger partial charge in [-0.25, -0.2) is 0 Å². The quantitative estimate of drug-likeness (QED) is 0.434. The lowest BCUT2D eigenvalue weighted by Gasteiger charge is -2.58. The smallest absolute Gasteiger partial charge is 0.0635 e. The highest BCUT2D eigenvalue weighted by Gasteiger charge is 2.53. The first kappa shape index (κ1) is 22.7. The minimum absolute atomic E-state index is 0.447. The van der Waals surface area contributed by atoms with Crippen LogP contribution in [-0.2, 0) is 9.47 Å². The van der Waals surface area contributed by atoms with Gasteiger partial charge in [0.25, 0.3) is 0 Å². The molecule has 1 unspecified atom stereocenters. The van der Waals surface area contributed by atoms with Crippen molar-refractivity contribution in [3.63, 3.8) is 0 Å². The van der Waals surface area contributed by atoms with E-state index in [9.17, 15) is 0 Å². The first-order valence-corrected chi connectivity index (χ1v) is 14.1. The van der Waals surface area contributed by atoms with Crippen LogP contribution in [0.25, 0.3) is 0 Å². The van der Waals surface area contributed by atoms with Gasteiger partial charge in [-0.3, -0.25) is 0 Å². The summed E-state index contributed by atoms with van der Waals surface area (Å²) in [5, 5.41) is 0. The molecule has 0 N–H and O–H groups in total. The summed E-state index contributed by atoms with van der Waals surface area (Å²) in [5.41, 5.74) is 0.588. The Morgan fingerprint density at radius 1 is 0.677 bits per heavy atom. The van der Waals surface area contributed by atoms with E-state index >= 15 is 0 Å². The Balaban J connectivity index is 0.000000132. The number of rotatable bonds is 6. The van der Waals surface area contributed by atoms with Crippen LogP contribution in [0, 0.1) is 52.8 Å². The van der Waals surface area contributed by atoms with Gasteiger partial charge in [-0.2, -0.15) is 0 Å². The Bertz CT molecular complexity index is 547. The van der Waals surface area contributed by atoms with Gasteiger partial charge in [-0.05, 0) is 144 Å². The third-order valence-electron chi connectivity index (χ3n) is 10.8. The minimum atomic E-state index is 0.447. The zero-order chi connectivity index (χ0) is 21.8. The zero-order valence-electron chi connectivity index (χ0n) is 21.2. The van der Waals surface area contributed by atoms with E-state index in [1.807, 2.05) is 0 Å². The van der Waals surface area contributed by atoms with E-state index in [-0.39, 0.29) is 0 Å². The lowest BCUT2D eigenvalue weighted by molar-refractivity contribution is -0.155. The van der Waals surface area contributed by atoms with Crippen LogP contribution in [0.15, 0.2) is 0 Å². The summed E-state index contributed by atoms with van der Waals surface area (Å²) in [5.74, 6) is 7.79. The van der Waals surface area contributed by atoms with Crippen LogP contribution < -0.4 is 0 Å². The van der Waals surface area contributed by atoms with E-state index in [1.54, 1.807) is 6.42 Å². The molecule has 8 bridgehead atoms. The first-order chi connectivity index (χ1) is 14.8. The predicted molar refractivity (Wildman–Crippen MR) is 128 cm³/mol. The van der Waals surface area contributed by atoms with E-state index < -0.39 is 0 Å². The Hall–Kier alpha value is -0.0800. The Morgan fingerprint density at radius 2 is 1.13 bits per heavy atom. The summed E-state index contributed by atoms with van der Waals surface area (Å²) in [4.78, 5) is 0. The zero-order valence-corrected chi connectivity index (χ0v) is 21.2. The molecular weight excluding hydrogens is 380 g/mol. The van der Waals surface area contributed by atoms with Crippen molar-refractivity contribution in [1.82, 2.24) is 0 Å². The SMILES string of the molecule is CC(C)[C@@H](C)OC1C2CC3CC(C2)CC1C3.CCOC(C)C12CC3CC(CC(C3)C1)C2. The minimum Gasteiger partial charge on any atom is -0.378 e. The van der Waals surface area contributed by atoms with Crippen LogP contribution in [-0.4, -0.2) is 24.9 Å². The van der Waals surface area contributed by atoms with Crippen LogP contribution >= 0.6 is 0 Å². The molecule has 8 rings (SSSR count).